The molecule has 1 aromatic carbocycles. The van der Waals surface area contributed by atoms with Gasteiger partial charge in [-0.1, -0.05) is 15.9 Å². The first kappa shape index (κ1) is 11.0. The second-order valence-corrected chi connectivity index (χ2v) is 4.14. The minimum atomic E-state index is -0.286. The molecule has 5 heteroatoms. The second kappa shape index (κ2) is 5.03. The highest BCUT2D eigenvalue weighted by atomic mass is 79.9. The van der Waals surface area contributed by atoms with Crippen LogP contribution in [0.3, 0.4) is 0 Å². The van der Waals surface area contributed by atoms with Gasteiger partial charge >= 0.3 is 0 Å². The maximum absolute atomic E-state index is 13.4. The van der Waals surface area contributed by atoms with Gasteiger partial charge in [0.2, 0.25) is 0 Å². The van der Waals surface area contributed by atoms with E-state index in [-0.39, 0.29) is 5.82 Å². The first-order chi connectivity index (χ1) is 7.75. The number of halogens is 2. The van der Waals surface area contributed by atoms with E-state index in [1.54, 1.807) is 24.5 Å². The van der Waals surface area contributed by atoms with Crippen LogP contribution in [-0.2, 0) is 6.54 Å². The Hall–Kier alpha value is -1.49. The molecule has 0 atom stereocenters. The Labute approximate surface area is 101 Å². The largest absolute Gasteiger partial charge is 0.378 e. The van der Waals surface area contributed by atoms with E-state index in [0.717, 1.165) is 10.0 Å². The van der Waals surface area contributed by atoms with Crippen LogP contribution in [0.25, 0.3) is 0 Å². The summed E-state index contributed by atoms with van der Waals surface area (Å²) in [5, 5.41) is 2.98. The molecule has 1 aromatic heterocycles. The van der Waals surface area contributed by atoms with Gasteiger partial charge in [0.1, 0.15) is 12.1 Å². The molecule has 0 aliphatic carbocycles. The van der Waals surface area contributed by atoms with Gasteiger partial charge in [0.25, 0.3) is 0 Å². The number of rotatable bonds is 3. The zero-order valence-corrected chi connectivity index (χ0v) is 9.91. The fourth-order valence-electron chi connectivity index (χ4n) is 1.25. The lowest BCUT2D eigenvalue weighted by molar-refractivity contribution is 0.629. The lowest BCUT2D eigenvalue weighted by atomic mass is 10.3. The fraction of sp³-hybridized carbons (Fsp3) is 0.0909. The number of anilines is 1. The molecule has 0 bridgehead atoms. The Morgan fingerprint density at radius 3 is 2.69 bits per heavy atom. The number of nitrogens with one attached hydrogen (secondary N) is 1. The fourth-order valence-corrected chi connectivity index (χ4v) is 1.58. The smallest absolute Gasteiger partial charge is 0.147 e. The number of hydrogen-bond donors (Lipinski definition) is 1. The summed E-state index contributed by atoms with van der Waals surface area (Å²) in [6.07, 6.45) is 4.84. The molecule has 82 valence electrons. The molecule has 1 heterocycles. The van der Waals surface area contributed by atoms with Gasteiger partial charge in [-0.25, -0.2) is 14.4 Å². The summed E-state index contributed by atoms with van der Waals surface area (Å²) in [6, 6.07) is 4.89. The average Bonchev–Trinajstić information content (AvgIpc) is 2.29. The highest BCUT2D eigenvalue weighted by molar-refractivity contribution is 9.10. The predicted molar refractivity (Wildman–Crippen MR) is 63.5 cm³/mol. The third-order valence-electron chi connectivity index (χ3n) is 2.03. The molecule has 0 fully saturated rings. The van der Waals surface area contributed by atoms with Gasteiger partial charge in [-0.15, -0.1) is 0 Å². The first-order valence-corrected chi connectivity index (χ1v) is 5.48. The van der Waals surface area contributed by atoms with Crippen molar-refractivity contribution in [2.75, 3.05) is 5.32 Å². The molecule has 16 heavy (non-hydrogen) atoms. The van der Waals surface area contributed by atoms with E-state index in [2.05, 4.69) is 31.2 Å². The van der Waals surface area contributed by atoms with E-state index in [0.29, 0.717) is 12.2 Å². The minimum Gasteiger partial charge on any atom is -0.378 e. The minimum absolute atomic E-state index is 0.286. The molecule has 0 aliphatic rings. The van der Waals surface area contributed by atoms with Crippen LogP contribution < -0.4 is 5.32 Å². The molecule has 0 amide bonds. The monoisotopic (exact) mass is 281 g/mol. The third-order valence-corrected chi connectivity index (χ3v) is 2.52. The van der Waals surface area contributed by atoms with Crippen LogP contribution in [0.2, 0.25) is 0 Å². The lowest BCUT2D eigenvalue weighted by Crippen LogP contribution is -2.02. The van der Waals surface area contributed by atoms with Crippen molar-refractivity contribution in [2.45, 2.75) is 6.54 Å². The van der Waals surface area contributed by atoms with Gasteiger partial charge < -0.3 is 5.32 Å². The Balaban J connectivity index is 2.05. The van der Waals surface area contributed by atoms with E-state index >= 15 is 0 Å². The van der Waals surface area contributed by atoms with Crippen molar-refractivity contribution in [3.63, 3.8) is 0 Å². The van der Waals surface area contributed by atoms with Crippen LogP contribution in [0.15, 0.2) is 41.4 Å². The molecule has 2 rings (SSSR count). The quantitative estimate of drug-likeness (QED) is 0.940. The van der Waals surface area contributed by atoms with Crippen LogP contribution in [-0.4, -0.2) is 9.97 Å². The average molecular weight is 282 g/mol. The summed E-state index contributed by atoms with van der Waals surface area (Å²) in [4.78, 5) is 7.76. The van der Waals surface area contributed by atoms with Crippen molar-refractivity contribution in [2.24, 2.45) is 0 Å². The van der Waals surface area contributed by atoms with Gasteiger partial charge in [0.15, 0.2) is 0 Å². The van der Waals surface area contributed by atoms with Crippen molar-refractivity contribution < 1.29 is 4.39 Å². The molecule has 0 saturated heterocycles. The lowest BCUT2D eigenvalue weighted by Gasteiger charge is -2.07. The predicted octanol–water partition coefficient (Wildman–Crippen LogP) is 2.99. The van der Waals surface area contributed by atoms with E-state index in [4.69, 9.17) is 0 Å². The van der Waals surface area contributed by atoms with Crippen LogP contribution in [0, 0.1) is 5.82 Å². The van der Waals surface area contributed by atoms with Gasteiger partial charge in [0.05, 0.1) is 5.69 Å². The molecule has 0 saturated carbocycles. The third kappa shape index (κ3) is 2.76. The van der Waals surface area contributed by atoms with Crippen molar-refractivity contribution in [3.05, 3.63) is 52.8 Å². The zero-order chi connectivity index (χ0) is 11.4. The normalized spacial score (nSPS) is 10.1. The summed E-state index contributed by atoms with van der Waals surface area (Å²) < 4.78 is 14.2. The topological polar surface area (TPSA) is 37.8 Å². The summed E-state index contributed by atoms with van der Waals surface area (Å²) in [5.41, 5.74) is 1.37. The van der Waals surface area contributed by atoms with E-state index in [1.807, 2.05) is 0 Å². The Kier molecular flexibility index (Phi) is 3.46. The van der Waals surface area contributed by atoms with E-state index < -0.39 is 0 Å². The molecule has 1 N–H and O–H groups in total. The molecule has 0 radical (unpaired) electrons. The van der Waals surface area contributed by atoms with E-state index in [9.17, 15) is 4.39 Å². The number of benzene rings is 1. The van der Waals surface area contributed by atoms with Crippen LogP contribution in [0.1, 0.15) is 5.56 Å². The number of hydrogen-bond acceptors (Lipinski definition) is 3. The van der Waals surface area contributed by atoms with Crippen molar-refractivity contribution in [3.8, 4) is 0 Å². The van der Waals surface area contributed by atoms with Gasteiger partial charge in [-0.3, -0.25) is 0 Å². The maximum atomic E-state index is 13.4. The van der Waals surface area contributed by atoms with Gasteiger partial charge in [-0.05, 0) is 18.2 Å². The van der Waals surface area contributed by atoms with Crippen LogP contribution in [0.5, 0.6) is 0 Å². The SMILES string of the molecule is Fc1cc(Br)ccc1NCc1cncnc1. The summed E-state index contributed by atoms with van der Waals surface area (Å²) >= 11 is 3.20. The molecule has 0 aliphatic heterocycles. The van der Waals surface area contributed by atoms with Crippen molar-refractivity contribution >= 4 is 21.6 Å². The standard InChI is InChI=1S/C11H9BrFN3/c12-9-1-2-11(10(13)3-9)16-6-8-4-14-7-15-5-8/h1-5,7,16H,6H2. The molecule has 0 spiro atoms. The van der Waals surface area contributed by atoms with Crippen LogP contribution >= 0.6 is 15.9 Å². The molecule has 3 nitrogen and oxygen atoms in total. The van der Waals surface area contributed by atoms with Crippen molar-refractivity contribution in [1.29, 1.82) is 0 Å². The second-order valence-electron chi connectivity index (χ2n) is 3.22. The summed E-state index contributed by atoms with van der Waals surface area (Å²) in [7, 11) is 0. The molecule has 2 aromatic rings. The number of nitrogens with zero attached hydrogens (tertiary/aromatic N) is 2. The summed E-state index contributed by atoms with van der Waals surface area (Å²) in [5.74, 6) is -0.286. The Bertz CT molecular complexity index is 476. The van der Waals surface area contributed by atoms with Gasteiger partial charge in [0, 0.05) is 29.0 Å². The maximum Gasteiger partial charge on any atom is 0.147 e. The van der Waals surface area contributed by atoms with Crippen LogP contribution in [0.4, 0.5) is 10.1 Å². The molecular formula is C11H9BrFN3. The Morgan fingerprint density at radius 2 is 2.00 bits per heavy atom. The van der Waals surface area contributed by atoms with Crippen molar-refractivity contribution in [1.82, 2.24) is 9.97 Å². The number of aromatic nitrogens is 2. The highest BCUT2D eigenvalue weighted by Crippen LogP contribution is 2.19. The van der Waals surface area contributed by atoms with Gasteiger partial charge in [-0.2, -0.15) is 0 Å². The molecular weight excluding hydrogens is 273 g/mol. The Morgan fingerprint density at radius 1 is 1.25 bits per heavy atom. The van der Waals surface area contributed by atoms with E-state index in [1.165, 1.54) is 12.4 Å². The summed E-state index contributed by atoms with van der Waals surface area (Å²) in [6.45, 7) is 0.499. The molecule has 0 unspecified atom stereocenters. The highest BCUT2D eigenvalue weighted by Gasteiger charge is 2.02. The first-order valence-electron chi connectivity index (χ1n) is 4.68. The zero-order valence-electron chi connectivity index (χ0n) is 8.32.